The molecule has 0 saturated heterocycles. The lowest BCUT2D eigenvalue weighted by atomic mass is 10.0. The Balaban J connectivity index is 4.32. The van der Waals surface area contributed by atoms with Crippen molar-refractivity contribution < 1.29 is 23.8 Å². The van der Waals surface area contributed by atoms with Crippen LogP contribution in [0.2, 0.25) is 0 Å². The van der Waals surface area contributed by atoms with Gasteiger partial charge < -0.3 is 14.2 Å². The van der Waals surface area contributed by atoms with Gasteiger partial charge in [0.2, 0.25) is 0 Å². The molecular weight excluding hydrogens is 789 g/mol. The molecular formula is C59H106O5. The van der Waals surface area contributed by atoms with E-state index in [1.165, 1.54) is 167 Å². The third-order valence-electron chi connectivity index (χ3n) is 12.1. The summed E-state index contributed by atoms with van der Waals surface area (Å²) in [5, 5.41) is 0. The highest BCUT2D eigenvalue weighted by Gasteiger charge is 2.17. The topological polar surface area (TPSA) is 61.8 Å². The van der Waals surface area contributed by atoms with Gasteiger partial charge in [0.25, 0.3) is 0 Å². The molecule has 372 valence electrons. The second-order valence-electron chi connectivity index (χ2n) is 18.5. The van der Waals surface area contributed by atoms with E-state index in [4.69, 9.17) is 14.2 Å². The standard InChI is InChI=1S/C59H106O5/c1-4-7-10-13-16-19-22-25-28-29-30-33-36-39-42-45-48-51-54-62-55-57(64-59(61)53-50-47-44-41-38-35-32-27-24-21-18-15-12-9-6-3)56-63-58(60)52-49-46-43-40-37-34-31-26-23-20-17-14-11-8-5-2/h7,10,16,19,25,28,30,33,39,42,57H,4-6,8-9,11-15,17-18,20-24,26-27,29,31-32,34-38,40-41,43-56H2,1-3H3/b10-7-,19-16-,28-25-,33-30-,42-39-. The van der Waals surface area contributed by atoms with Crippen LogP contribution in [0, 0.1) is 0 Å². The molecule has 0 saturated carbocycles. The van der Waals surface area contributed by atoms with Crippen molar-refractivity contribution in [1.29, 1.82) is 0 Å². The Morgan fingerprint density at radius 3 is 1.09 bits per heavy atom. The molecule has 0 rings (SSSR count). The second-order valence-corrected chi connectivity index (χ2v) is 18.5. The number of ether oxygens (including phenoxy) is 3. The van der Waals surface area contributed by atoms with Crippen LogP contribution in [0.1, 0.15) is 278 Å². The fourth-order valence-electron chi connectivity index (χ4n) is 7.95. The highest BCUT2D eigenvalue weighted by Crippen LogP contribution is 2.16. The summed E-state index contributed by atoms with van der Waals surface area (Å²) in [6.07, 6.45) is 69.5. The van der Waals surface area contributed by atoms with Crippen LogP contribution in [-0.4, -0.2) is 37.9 Å². The summed E-state index contributed by atoms with van der Waals surface area (Å²) in [6.45, 7) is 7.66. The van der Waals surface area contributed by atoms with Gasteiger partial charge in [-0.1, -0.05) is 261 Å². The minimum absolute atomic E-state index is 0.0716. The van der Waals surface area contributed by atoms with E-state index in [1.807, 2.05) is 0 Å². The zero-order valence-corrected chi connectivity index (χ0v) is 42.8. The van der Waals surface area contributed by atoms with Crippen LogP contribution in [0.3, 0.4) is 0 Å². The summed E-state index contributed by atoms with van der Waals surface area (Å²) in [6, 6.07) is 0. The SMILES string of the molecule is CC/C=C\C/C=C\C/C=C\C/C=C\C/C=C\CCCCOCC(COC(=O)CCCCCCCCCCCCCCCCC)OC(=O)CCCCCCCCCCCCCCCCC. The predicted octanol–water partition coefficient (Wildman–Crippen LogP) is 18.9. The molecule has 64 heavy (non-hydrogen) atoms. The van der Waals surface area contributed by atoms with Gasteiger partial charge in [-0.15, -0.1) is 0 Å². The van der Waals surface area contributed by atoms with E-state index in [0.29, 0.717) is 19.4 Å². The molecule has 0 amide bonds. The maximum Gasteiger partial charge on any atom is 0.306 e. The Morgan fingerprint density at radius 1 is 0.359 bits per heavy atom. The lowest BCUT2D eigenvalue weighted by molar-refractivity contribution is -0.163. The Hall–Kier alpha value is -2.40. The van der Waals surface area contributed by atoms with Crippen molar-refractivity contribution >= 4 is 11.9 Å². The zero-order valence-electron chi connectivity index (χ0n) is 42.8. The first-order chi connectivity index (χ1) is 31.6. The molecule has 0 aliphatic rings. The Labute approximate surface area is 398 Å². The molecule has 5 heteroatoms. The lowest BCUT2D eigenvalue weighted by Crippen LogP contribution is -2.30. The molecule has 5 nitrogen and oxygen atoms in total. The maximum absolute atomic E-state index is 12.8. The Bertz CT molecular complexity index is 1100. The van der Waals surface area contributed by atoms with E-state index in [0.717, 1.165) is 77.0 Å². The van der Waals surface area contributed by atoms with Crippen LogP contribution >= 0.6 is 0 Å². The summed E-state index contributed by atoms with van der Waals surface area (Å²) >= 11 is 0. The number of rotatable bonds is 51. The quantitative estimate of drug-likeness (QED) is 0.0346. The third kappa shape index (κ3) is 52.2. The van der Waals surface area contributed by atoms with Crippen LogP contribution in [0.4, 0.5) is 0 Å². The number of carbonyl (C=O) groups is 2. The highest BCUT2D eigenvalue weighted by atomic mass is 16.6. The number of esters is 2. The van der Waals surface area contributed by atoms with E-state index in [1.54, 1.807) is 0 Å². The van der Waals surface area contributed by atoms with Crippen molar-refractivity contribution in [1.82, 2.24) is 0 Å². The smallest absolute Gasteiger partial charge is 0.306 e. The average molecular weight is 895 g/mol. The Morgan fingerprint density at radius 2 is 0.703 bits per heavy atom. The molecule has 0 fully saturated rings. The summed E-state index contributed by atoms with van der Waals surface area (Å²) in [5.74, 6) is -0.407. The van der Waals surface area contributed by atoms with Gasteiger partial charge in [0, 0.05) is 19.4 Å². The average Bonchev–Trinajstić information content (AvgIpc) is 3.30. The van der Waals surface area contributed by atoms with E-state index < -0.39 is 6.10 Å². The van der Waals surface area contributed by atoms with Crippen molar-refractivity contribution in [3.63, 3.8) is 0 Å². The van der Waals surface area contributed by atoms with Crippen LogP contribution < -0.4 is 0 Å². The van der Waals surface area contributed by atoms with Crippen molar-refractivity contribution in [2.75, 3.05) is 19.8 Å². The number of hydrogen-bond donors (Lipinski definition) is 0. The molecule has 0 N–H and O–H groups in total. The van der Waals surface area contributed by atoms with Crippen molar-refractivity contribution in [2.45, 2.75) is 284 Å². The molecule has 0 spiro atoms. The lowest BCUT2D eigenvalue weighted by Gasteiger charge is -2.18. The third-order valence-corrected chi connectivity index (χ3v) is 12.1. The summed E-state index contributed by atoms with van der Waals surface area (Å²) in [4.78, 5) is 25.5. The summed E-state index contributed by atoms with van der Waals surface area (Å²) in [5.41, 5.74) is 0. The first-order valence-electron chi connectivity index (χ1n) is 27.8. The fourth-order valence-corrected chi connectivity index (χ4v) is 7.95. The van der Waals surface area contributed by atoms with Gasteiger partial charge in [-0.05, 0) is 64.2 Å². The van der Waals surface area contributed by atoms with E-state index >= 15 is 0 Å². The van der Waals surface area contributed by atoms with E-state index in [-0.39, 0.29) is 25.2 Å². The first kappa shape index (κ1) is 61.6. The van der Waals surface area contributed by atoms with Crippen LogP contribution in [-0.2, 0) is 23.8 Å². The minimum atomic E-state index is -0.556. The van der Waals surface area contributed by atoms with Gasteiger partial charge in [0.15, 0.2) is 6.10 Å². The second kappa shape index (κ2) is 54.9. The number of carbonyl (C=O) groups excluding carboxylic acids is 2. The van der Waals surface area contributed by atoms with E-state index in [2.05, 4.69) is 81.5 Å². The summed E-state index contributed by atoms with van der Waals surface area (Å²) in [7, 11) is 0. The molecule has 0 heterocycles. The van der Waals surface area contributed by atoms with Gasteiger partial charge in [0.05, 0.1) is 6.61 Å². The van der Waals surface area contributed by atoms with Gasteiger partial charge in [-0.2, -0.15) is 0 Å². The number of allylic oxidation sites excluding steroid dienone is 10. The molecule has 0 bridgehead atoms. The molecule has 0 aromatic carbocycles. The monoisotopic (exact) mass is 895 g/mol. The molecule has 0 aromatic rings. The molecule has 0 aromatic heterocycles. The van der Waals surface area contributed by atoms with E-state index in [9.17, 15) is 9.59 Å². The van der Waals surface area contributed by atoms with Gasteiger partial charge in [-0.3, -0.25) is 9.59 Å². The van der Waals surface area contributed by atoms with Crippen LogP contribution in [0.25, 0.3) is 0 Å². The van der Waals surface area contributed by atoms with Crippen molar-refractivity contribution in [3.05, 3.63) is 60.8 Å². The molecule has 1 unspecified atom stereocenters. The number of hydrogen-bond acceptors (Lipinski definition) is 5. The predicted molar refractivity (Wildman–Crippen MR) is 279 cm³/mol. The molecule has 0 aliphatic heterocycles. The number of unbranched alkanes of at least 4 members (excludes halogenated alkanes) is 30. The highest BCUT2D eigenvalue weighted by molar-refractivity contribution is 5.70. The van der Waals surface area contributed by atoms with Gasteiger partial charge in [0.1, 0.15) is 6.61 Å². The minimum Gasteiger partial charge on any atom is -0.462 e. The largest absolute Gasteiger partial charge is 0.462 e. The molecule has 0 radical (unpaired) electrons. The maximum atomic E-state index is 12.8. The fraction of sp³-hybridized carbons (Fsp3) is 0.797. The van der Waals surface area contributed by atoms with Crippen molar-refractivity contribution in [3.8, 4) is 0 Å². The molecule has 0 aliphatic carbocycles. The first-order valence-corrected chi connectivity index (χ1v) is 27.8. The van der Waals surface area contributed by atoms with Crippen molar-refractivity contribution in [2.24, 2.45) is 0 Å². The molecule has 1 atom stereocenters. The van der Waals surface area contributed by atoms with Crippen LogP contribution in [0.5, 0.6) is 0 Å². The normalized spacial score (nSPS) is 12.6. The Kier molecular flexibility index (Phi) is 52.9. The van der Waals surface area contributed by atoms with Gasteiger partial charge >= 0.3 is 11.9 Å². The zero-order chi connectivity index (χ0) is 46.3. The van der Waals surface area contributed by atoms with Gasteiger partial charge in [-0.25, -0.2) is 0 Å². The summed E-state index contributed by atoms with van der Waals surface area (Å²) < 4.78 is 17.4. The van der Waals surface area contributed by atoms with Crippen LogP contribution in [0.15, 0.2) is 60.8 Å².